The minimum Gasteiger partial charge on any atom is -0.684 e. The average molecular weight is 554 g/mol. The molecule has 0 fully saturated rings. The number of hydrogen-bond acceptors (Lipinski definition) is 2. The fourth-order valence-electron chi connectivity index (χ4n) is 2.46. The minimum absolute atomic E-state index is 0. The molecule has 3 aromatic rings. The maximum atomic E-state index is 13.1. The Bertz CT molecular complexity index is 984. The van der Waals surface area contributed by atoms with Crippen LogP contribution in [-0.4, -0.2) is 17.4 Å². The molecule has 1 aromatic heterocycles. The van der Waals surface area contributed by atoms with Crippen LogP contribution in [0.25, 0.3) is 16.4 Å². The molecule has 0 atom stereocenters. The van der Waals surface area contributed by atoms with E-state index in [0.29, 0.717) is 11.3 Å². The van der Waals surface area contributed by atoms with Gasteiger partial charge in [0.05, 0.1) is 0 Å². The standard InChI is InChI=1S/C20H13ClF3N3O.Sm/c21-18-11-15(8-9-25-18)27-19(28)12-26-17-7-6-14(20(22,23)24)10-16(17)13-4-2-1-3-5-13;/h1-4,6-11H,12H2,(H,25,27,28);/q-2;. The summed E-state index contributed by atoms with van der Waals surface area (Å²) in [5.74, 6) is -0.440. The molecule has 1 amide bonds. The Hall–Kier alpha value is -1.72. The van der Waals surface area contributed by atoms with E-state index in [1.165, 1.54) is 18.3 Å². The molecule has 2 aromatic carbocycles. The van der Waals surface area contributed by atoms with Gasteiger partial charge in [-0.05, 0) is 18.7 Å². The number of aromatic nitrogens is 1. The third-order valence-electron chi connectivity index (χ3n) is 3.73. The molecular weight excluding hydrogens is 541 g/mol. The third kappa shape index (κ3) is 6.65. The zero-order valence-electron chi connectivity index (χ0n) is 14.7. The summed E-state index contributed by atoms with van der Waals surface area (Å²) in [6.45, 7) is -0.273. The van der Waals surface area contributed by atoms with Crippen molar-refractivity contribution in [3.8, 4) is 11.1 Å². The number of alkyl halides is 3. The number of anilines is 1. The molecule has 0 unspecified atom stereocenters. The first kappa shape index (κ1) is 23.6. The minimum atomic E-state index is -4.49. The Morgan fingerprint density at radius 3 is 2.62 bits per heavy atom. The van der Waals surface area contributed by atoms with Gasteiger partial charge < -0.3 is 10.6 Å². The van der Waals surface area contributed by atoms with Gasteiger partial charge in [0.1, 0.15) is 5.15 Å². The van der Waals surface area contributed by atoms with Crippen LogP contribution in [-0.2, 0) is 11.0 Å². The fraction of sp³-hybridized carbons (Fsp3) is 0.100. The quantitative estimate of drug-likeness (QED) is 0.317. The van der Waals surface area contributed by atoms with Crippen molar-refractivity contribution in [1.29, 1.82) is 0 Å². The van der Waals surface area contributed by atoms with Crippen molar-refractivity contribution in [2.75, 3.05) is 11.9 Å². The molecule has 3 rings (SSSR count). The Kier molecular flexibility index (Phi) is 8.41. The fourth-order valence-corrected chi connectivity index (χ4v) is 2.64. The number of benzene rings is 2. The molecule has 150 valence electrons. The number of hydrogen-bond donors (Lipinski definition) is 1. The Morgan fingerprint density at radius 2 is 1.97 bits per heavy atom. The van der Waals surface area contributed by atoms with Gasteiger partial charge in [-0.1, -0.05) is 29.8 Å². The molecule has 4 nitrogen and oxygen atoms in total. The van der Waals surface area contributed by atoms with Crippen LogP contribution >= 0.6 is 11.6 Å². The van der Waals surface area contributed by atoms with Crippen LogP contribution in [0.15, 0.2) is 60.8 Å². The van der Waals surface area contributed by atoms with E-state index in [0.717, 1.165) is 12.1 Å². The predicted molar refractivity (Wildman–Crippen MR) is 101 cm³/mol. The molecule has 1 N–H and O–H groups in total. The van der Waals surface area contributed by atoms with Gasteiger partial charge in [0, 0.05) is 57.8 Å². The molecule has 0 saturated heterocycles. The number of carbonyl (C=O) groups excluding carboxylic acids is 1. The molecule has 1 heterocycles. The van der Waals surface area contributed by atoms with E-state index < -0.39 is 17.6 Å². The number of pyridine rings is 1. The molecule has 0 aliphatic rings. The maximum Gasteiger partial charge on any atom is 0.415 e. The summed E-state index contributed by atoms with van der Waals surface area (Å²) in [5, 5.41) is 7.00. The number of nitrogens with zero attached hydrogens (tertiary/aromatic N) is 2. The molecule has 0 radical (unpaired) electrons. The van der Waals surface area contributed by atoms with Crippen molar-refractivity contribution < 1.29 is 58.4 Å². The third-order valence-corrected chi connectivity index (χ3v) is 3.93. The second kappa shape index (κ2) is 10.3. The van der Waals surface area contributed by atoms with E-state index in [4.69, 9.17) is 11.6 Å². The number of nitrogens with one attached hydrogen (secondary N) is 1. The molecule has 0 saturated carbocycles. The second-order valence-corrected chi connectivity index (χ2v) is 6.12. The Labute approximate surface area is 203 Å². The van der Waals surface area contributed by atoms with Crippen LogP contribution in [0.1, 0.15) is 5.56 Å². The zero-order valence-corrected chi connectivity index (χ0v) is 18.1. The summed E-state index contributed by atoms with van der Waals surface area (Å²) in [4.78, 5) is 15.9. The van der Waals surface area contributed by atoms with Crippen LogP contribution in [0, 0.1) is 46.5 Å². The Balaban J connectivity index is 0.00000300. The van der Waals surface area contributed by atoms with Gasteiger partial charge in [-0.3, -0.25) is 4.79 Å². The topological polar surface area (TPSA) is 56.1 Å². The van der Waals surface area contributed by atoms with Crippen LogP contribution < -0.4 is 5.32 Å². The predicted octanol–water partition coefficient (Wildman–Crippen LogP) is 5.86. The van der Waals surface area contributed by atoms with E-state index in [-0.39, 0.29) is 63.3 Å². The molecule has 0 spiro atoms. The second-order valence-electron chi connectivity index (χ2n) is 5.74. The summed E-state index contributed by atoms with van der Waals surface area (Å²) in [7, 11) is 0. The van der Waals surface area contributed by atoms with Gasteiger partial charge in [-0.2, -0.15) is 18.9 Å². The SMILES string of the molecule is O=C(C[N-]c1ccc(C(F)(F)F)cc1-c1[c-]cccc1)Nc1ccnc(Cl)c1.[Sm]. The van der Waals surface area contributed by atoms with Crippen molar-refractivity contribution in [1.82, 2.24) is 4.98 Å². The molecule has 29 heavy (non-hydrogen) atoms. The Morgan fingerprint density at radius 1 is 1.17 bits per heavy atom. The van der Waals surface area contributed by atoms with Gasteiger partial charge >= 0.3 is 6.18 Å². The normalized spacial score (nSPS) is 10.8. The number of rotatable bonds is 5. The maximum absolute atomic E-state index is 13.1. The average Bonchev–Trinajstić information content (AvgIpc) is 2.66. The van der Waals surface area contributed by atoms with Crippen LogP contribution in [0.4, 0.5) is 24.5 Å². The molecule has 9 heteroatoms. The van der Waals surface area contributed by atoms with Gasteiger partial charge in [-0.25, -0.2) is 4.98 Å². The summed E-state index contributed by atoms with van der Waals surface area (Å²) in [5.41, 5.74) is 0.612. The van der Waals surface area contributed by atoms with Crippen LogP contribution in [0.2, 0.25) is 5.15 Å². The summed E-state index contributed by atoms with van der Waals surface area (Å²) in [6.07, 6.45) is -3.05. The van der Waals surface area contributed by atoms with Gasteiger partial charge in [-0.15, -0.1) is 41.5 Å². The van der Waals surface area contributed by atoms with E-state index >= 15 is 0 Å². The van der Waals surface area contributed by atoms with Gasteiger partial charge in [0.2, 0.25) is 5.91 Å². The van der Waals surface area contributed by atoms with Gasteiger partial charge in [0.15, 0.2) is 0 Å². The van der Waals surface area contributed by atoms with E-state index in [9.17, 15) is 18.0 Å². The van der Waals surface area contributed by atoms with E-state index in [1.807, 2.05) is 0 Å². The summed E-state index contributed by atoms with van der Waals surface area (Å²) < 4.78 is 39.3. The number of amides is 1. The van der Waals surface area contributed by atoms with Crippen molar-refractivity contribution in [2.24, 2.45) is 0 Å². The van der Waals surface area contributed by atoms with E-state index in [1.54, 1.807) is 30.3 Å². The van der Waals surface area contributed by atoms with Crippen molar-refractivity contribution in [2.45, 2.75) is 6.18 Å². The van der Waals surface area contributed by atoms with Crippen molar-refractivity contribution >= 4 is 28.9 Å². The molecule has 0 aliphatic heterocycles. The van der Waals surface area contributed by atoms with E-state index in [2.05, 4.69) is 21.7 Å². The first-order valence-corrected chi connectivity index (χ1v) is 8.48. The smallest absolute Gasteiger partial charge is 0.415 e. The molecular formula is C20H13ClF3N3OSm-2. The molecule has 0 aliphatic carbocycles. The first-order chi connectivity index (χ1) is 13.3. The number of halogens is 4. The first-order valence-electron chi connectivity index (χ1n) is 8.10. The van der Waals surface area contributed by atoms with Crippen LogP contribution in [0.3, 0.4) is 0 Å². The largest absolute Gasteiger partial charge is 0.684 e. The summed E-state index contributed by atoms with van der Waals surface area (Å²) in [6, 6.07) is 15.7. The van der Waals surface area contributed by atoms with Crippen molar-refractivity contribution in [3.05, 3.63) is 82.9 Å². The van der Waals surface area contributed by atoms with Crippen LogP contribution in [0.5, 0.6) is 0 Å². The summed E-state index contributed by atoms with van der Waals surface area (Å²) >= 11 is 5.76. The molecule has 0 bridgehead atoms. The van der Waals surface area contributed by atoms with Crippen molar-refractivity contribution in [3.63, 3.8) is 0 Å². The number of carbonyl (C=O) groups is 1. The monoisotopic (exact) mass is 555 g/mol. The van der Waals surface area contributed by atoms with Gasteiger partial charge in [0.25, 0.3) is 0 Å². The zero-order chi connectivity index (χ0) is 20.1.